The summed E-state index contributed by atoms with van der Waals surface area (Å²) in [4.78, 5) is 65.8. The Bertz CT molecular complexity index is 1320. The molecular formula is C31H38O11. The Hall–Kier alpha value is -3.05. The van der Waals surface area contributed by atoms with Gasteiger partial charge in [0.25, 0.3) is 0 Å². The van der Waals surface area contributed by atoms with Gasteiger partial charge in [0.1, 0.15) is 12.7 Å². The molecule has 8 unspecified atom stereocenters. The normalized spacial score (nSPS) is 41.7. The van der Waals surface area contributed by atoms with Crippen LogP contribution in [0.2, 0.25) is 0 Å². The molecule has 2 saturated heterocycles. The van der Waals surface area contributed by atoms with E-state index < -0.39 is 64.5 Å². The standard InChI is InChI=1S/C31H38O11/c1-14(2)8-22(35)42-24-26-30-13-40-31(26,28(37)38-5)11-19(33)25(30)29(4)10-18(32)23(39-12-20(34)16-6-7-16)15(3)17(29)9-21(30)41-27(24)36/h8,16-17,19,21,24-26,33H,6-7,9-13H2,1-5H3/t17?,19?,21?,24?,25?,26?,29?,30?,31-/m1/s1. The molecule has 11 heteroatoms. The van der Waals surface area contributed by atoms with Gasteiger partial charge in [0.2, 0.25) is 6.10 Å². The van der Waals surface area contributed by atoms with Crippen LogP contribution in [0.5, 0.6) is 0 Å². The maximum absolute atomic E-state index is 13.6. The molecule has 0 amide bonds. The van der Waals surface area contributed by atoms with Gasteiger partial charge in [-0.2, -0.15) is 0 Å². The predicted molar refractivity (Wildman–Crippen MR) is 142 cm³/mol. The summed E-state index contributed by atoms with van der Waals surface area (Å²) < 4.78 is 29.0. The van der Waals surface area contributed by atoms with E-state index >= 15 is 0 Å². The maximum Gasteiger partial charge on any atom is 0.348 e. The average molecular weight is 587 g/mol. The van der Waals surface area contributed by atoms with Crippen molar-refractivity contribution in [2.45, 2.75) is 83.7 Å². The number of ketones is 2. The molecule has 0 aromatic rings. The predicted octanol–water partition coefficient (Wildman–Crippen LogP) is 1.98. The summed E-state index contributed by atoms with van der Waals surface area (Å²) in [7, 11) is 1.20. The van der Waals surface area contributed by atoms with Crippen molar-refractivity contribution in [3.8, 4) is 0 Å². The number of ether oxygens (including phenoxy) is 5. The van der Waals surface area contributed by atoms with Crippen LogP contribution >= 0.6 is 0 Å². The summed E-state index contributed by atoms with van der Waals surface area (Å²) in [6, 6.07) is 0. The number of carbonyl (C=O) groups is 5. The van der Waals surface area contributed by atoms with E-state index in [1.807, 2.05) is 6.92 Å². The van der Waals surface area contributed by atoms with Crippen molar-refractivity contribution in [1.29, 1.82) is 0 Å². The van der Waals surface area contributed by atoms with E-state index in [1.165, 1.54) is 13.2 Å². The largest absolute Gasteiger partial charge is 0.482 e. The minimum atomic E-state index is -1.75. The highest BCUT2D eigenvalue weighted by Crippen LogP contribution is 2.72. The number of methoxy groups -OCH3 is 1. The molecule has 1 spiro atoms. The summed E-state index contributed by atoms with van der Waals surface area (Å²) in [5, 5.41) is 11.8. The molecule has 2 heterocycles. The fourth-order valence-electron chi connectivity index (χ4n) is 9.14. The number of esters is 3. The Morgan fingerprint density at radius 3 is 2.50 bits per heavy atom. The highest BCUT2D eigenvalue weighted by molar-refractivity contribution is 5.97. The van der Waals surface area contributed by atoms with Gasteiger partial charge in [-0.05, 0) is 56.9 Å². The van der Waals surface area contributed by atoms with Crippen LogP contribution in [-0.4, -0.2) is 78.8 Å². The zero-order valence-electron chi connectivity index (χ0n) is 24.6. The second-order valence-corrected chi connectivity index (χ2v) is 13.4. The number of Topliss-reactive ketones (excluding diaryl/α,β-unsaturated/α-hetero) is 2. The van der Waals surface area contributed by atoms with Crippen molar-refractivity contribution in [3.05, 3.63) is 23.0 Å². The minimum Gasteiger partial charge on any atom is -0.482 e. The number of rotatable bonds is 7. The van der Waals surface area contributed by atoms with E-state index in [0.29, 0.717) is 11.1 Å². The quantitative estimate of drug-likeness (QED) is 0.265. The van der Waals surface area contributed by atoms with Gasteiger partial charge in [0, 0.05) is 36.2 Å². The van der Waals surface area contributed by atoms with Crippen LogP contribution in [0.15, 0.2) is 23.0 Å². The monoisotopic (exact) mass is 586 g/mol. The Labute approximate surface area is 243 Å². The molecule has 5 fully saturated rings. The topological polar surface area (TPSA) is 152 Å². The molecule has 3 saturated carbocycles. The molecule has 2 aliphatic heterocycles. The van der Waals surface area contributed by atoms with Crippen molar-refractivity contribution < 1.29 is 52.8 Å². The number of aliphatic hydroxyl groups excluding tert-OH is 1. The SMILES string of the molecule is COC(=O)[C@@]12CC(O)C3C4(C)CC(=O)C(OCC(=O)C5CC5)=C(C)C4CC4OC(=O)C(OC(=O)C=C(C)C)C1C43CO2. The summed E-state index contributed by atoms with van der Waals surface area (Å²) in [5.74, 6) is -4.46. The van der Waals surface area contributed by atoms with E-state index in [9.17, 15) is 29.1 Å². The molecule has 1 N–H and O–H groups in total. The zero-order chi connectivity index (χ0) is 30.4. The third-order valence-electron chi connectivity index (χ3n) is 10.7. The number of allylic oxidation sites excluding steroid dienone is 3. The van der Waals surface area contributed by atoms with Gasteiger partial charge < -0.3 is 28.8 Å². The van der Waals surface area contributed by atoms with E-state index in [0.717, 1.165) is 12.8 Å². The minimum absolute atomic E-state index is 0.00315. The van der Waals surface area contributed by atoms with Crippen LogP contribution in [0, 0.1) is 34.5 Å². The first-order chi connectivity index (χ1) is 19.8. The van der Waals surface area contributed by atoms with Gasteiger partial charge >= 0.3 is 17.9 Å². The zero-order valence-corrected chi connectivity index (χ0v) is 24.6. The Morgan fingerprint density at radius 1 is 1.14 bits per heavy atom. The number of fused-ring (bicyclic) bond motifs is 2. The number of aliphatic hydroxyl groups is 1. The molecule has 2 bridgehead atoms. The first-order valence-corrected chi connectivity index (χ1v) is 14.7. The van der Waals surface area contributed by atoms with Crippen molar-refractivity contribution in [3.63, 3.8) is 0 Å². The van der Waals surface area contributed by atoms with E-state index in [2.05, 4.69) is 0 Å². The molecule has 42 heavy (non-hydrogen) atoms. The lowest BCUT2D eigenvalue weighted by Crippen LogP contribution is -2.75. The molecule has 6 rings (SSSR count). The fourth-order valence-corrected chi connectivity index (χ4v) is 9.14. The highest BCUT2D eigenvalue weighted by Gasteiger charge is 2.82. The lowest BCUT2D eigenvalue weighted by Gasteiger charge is -2.66. The van der Waals surface area contributed by atoms with E-state index in [-0.39, 0.29) is 61.6 Å². The van der Waals surface area contributed by atoms with Crippen molar-refractivity contribution >= 4 is 29.5 Å². The van der Waals surface area contributed by atoms with Crippen LogP contribution in [0.3, 0.4) is 0 Å². The van der Waals surface area contributed by atoms with Gasteiger partial charge in [0.05, 0.1) is 25.7 Å². The summed E-state index contributed by atoms with van der Waals surface area (Å²) >= 11 is 0. The first kappa shape index (κ1) is 29.0. The lowest BCUT2D eigenvalue weighted by atomic mass is 9.38. The molecule has 9 atom stereocenters. The Morgan fingerprint density at radius 2 is 1.86 bits per heavy atom. The van der Waals surface area contributed by atoms with Crippen LogP contribution in [-0.2, 0) is 47.7 Å². The Kier molecular flexibility index (Phi) is 6.73. The first-order valence-electron chi connectivity index (χ1n) is 14.7. The number of hydrogen-bond acceptors (Lipinski definition) is 11. The molecule has 4 aliphatic carbocycles. The fraction of sp³-hybridized carbons (Fsp3) is 0.710. The molecule has 6 aliphatic rings. The maximum atomic E-state index is 13.6. The van der Waals surface area contributed by atoms with Gasteiger partial charge in [0.15, 0.2) is 22.9 Å². The molecule has 0 aromatic carbocycles. The lowest BCUT2D eigenvalue weighted by molar-refractivity contribution is -0.269. The molecular weight excluding hydrogens is 548 g/mol. The average Bonchev–Trinajstić information content (AvgIpc) is 3.72. The summed E-state index contributed by atoms with van der Waals surface area (Å²) in [6.45, 7) is 6.93. The molecule has 0 aromatic heterocycles. The van der Waals surface area contributed by atoms with Gasteiger partial charge in [-0.15, -0.1) is 0 Å². The van der Waals surface area contributed by atoms with Crippen molar-refractivity contribution in [2.75, 3.05) is 20.3 Å². The number of hydrogen-bond donors (Lipinski definition) is 1. The smallest absolute Gasteiger partial charge is 0.348 e. The number of carbonyl (C=O) groups excluding carboxylic acids is 5. The summed E-state index contributed by atoms with van der Waals surface area (Å²) in [6.07, 6.45) is -0.391. The highest BCUT2D eigenvalue weighted by atomic mass is 16.6. The second kappa shape index (κ2) is 9.74. The van der Waals surface area contributed by atoms with Gasteiger partial charge in [-0.25, -0.2) is 14.4 Å². The van der Waals surface area contributed by atoms with Crippen LogP contribution < -0.4 is 0 Å². The molecule has 0 radical (unpaired) electrons. The van der Waals surface area contributed by atoms with Gasteiger partial charge in [-0.3, -0.25) is 9.59 Å². The van der Waals surface area contributed by atoms with Crippen LogP contribution in [0.4, 0.5) is 0 Å². The second-order valence-electron chi connectivity index (χ2n) is 13.4. The van der Waals surface area contributed by atoms with Crippen LogP contribution in [0.25, 0.3) is 0 Å². The van der Waals surface area contributed by atoms with Crippen molar-refractivity contribution in [2.24, 2.45) is 34.5 Å². The third-order valence-corrected chi connectivity index (χ3v) is 10.7. The van der Waals surface area contributed by atoms with E-state index in [1.54, 1.807) is 20.8 Å². The Balaban J connectivity index is 1.44. The van der Waals surface area contributed by atoms with Crippen LogP contribution in [0.1, 0.15) is 59.8 Å². The molecule has 228 valence electrons. The van der Waals surface area contributed by atoms with Gasteiger partial charge in [-0.1, -0.05) is 12.5 Å². The third kappa shape index (κ3) is 3.95. The summed E-state index contributed by atoms with van der Waals surface area (Å²) in [5.41, 5.74) is -2.42. The van der Waals surface area contributed by atoms with E-state index in [4.69, 9.17) is 23.7 Å². The van der Waals surface area contributed by atoms with Crippen molar-refractivity contribution in [1.82, 2.24) is 0 Å². The molecule has 11 nitrogen and oxygen atoms in total.